The maximum Gasteiger partial charge on any atom is 0.0918 e. The lowest BCUT2D eigenvalue weighted by Gasteiger charge is -2.34. The first-order valence-corrected chi connectivity index (χ1v) is 14.2. The van der Waals surface area contributed by atoms with Gasteiger partial charge in [0.15, 0.2) is 0 Å². The van der Waals surface area contributed by atoms with Crippen molar-refractivity contribution in [2.45, 2.75) is 18.9 Å². The van der Waals surface area contributed by atoms with Gasteiger partial charge in [0.2, 0.25) is 0 Å². The summed E-state index contributed by atoms with van der Waals surface area (Å²) in [7, 11) is -1.40. The highest BCUT2D eigenvalue weighted by Gasteiger charge is 2.33. The highest BCUT2D eigenvalue weighted by atomic mass is 31.1. The first-order chi connectivity index (χ1) is 16.4. The largest absolute Gasteiger partial charge is 0.348 e. The minimum atomic E-state index is -0.833. The van der Waals surface area contributed by atoms with Gasteiger partial charge in [-0.2, -0.15) is 0 Å². The summed E-state index contributed by atoms with van der Waals surface area (Å²) in [4.78, 5) is 0. The van der Waals surface area contributed by atoms with E-state index < -0.39 is 16.2 Å². The fraction of sp³-hybridized carbons (Fsp3) is 0.172. The Kier molecular flexibility index (Phi) is 7.61. The van der Waals surface area contributed by atoms with Crippen molar-refractivity contribution in [2.75, 3.05) is 13.2 Å². The molecule has 0 amide bonds. The molecule has 1 heterocycles. The van der Waals surface area contributed by atoms with Crippen LogP contribution in [0.5, 0.6) is 0 Å². The van der Waals surface area contributed by atoms with Crippen LogP contribution in [0.2, 0.25) is 0 Å². The monoisotopic (exact) mass is 469 g/mol. The van der Waals surface area contributed by atoms with Gasteiger partial charge in [-0.1, -0.05) is 121 Å². The third kappa shape index (κ3) is 5.43. The fourth-order valence-corrected chi connectivity index (χ4v) is 8.88. The Labute approximate surface area is 199 Å². The van der Waals surface area contributed by atoms with Gasteiger partial charge in [0.25, 0.3) is 0 Å². The lowest BCUT2D eigenvalue weighted by Crippen LogP contribution is -2.35. The van der Waals surface area contributed by atoms with Gasteiger partial charge in [0.05, 0.1) is 14.8 Å². The summed E-state index contributed by atoms with van der Waals surface area (Å²) in [6.07, 6.45) is 2.41. The van der Waals surface area contributed by atoms with Gasteiger partial charge in [0.1, 0.15) is 0 Å². The molecule has 1 aliphatic heterocycles. The number of nitrogens with zero attached hydrogens (tertiary/aromatic N) is 1. The van der Waals surface area contributed by atoms with Crippen LogP contribution < -0.4 is 21.2 Å². The standard InChI is InChI=1S/C29H29NOP2/c1-5-15-26(16-6-1)32(27-17-7-2-8-18-27)30-23-13-14-25(30)24-31-33(28-19-9-3-10-20-28)29-21-11-4-12-22-29/h1-12,15-22,25H,13-14,23-24H2/t25-/m0/s1. The Morgan fingerprint density at radius 3 is 1.48 bits per heavy atom. The molecule has 4 aromatic carbocycles. The van der Waals surface area contributed by atoms with Gasteiger partial charge >= 0.3 is 0 Å². The van der Waals surface area contributed by atoms with Gasteiger partial charge < -0.3 is 4.52 Å². The molecule has 1 atom stereocenters. The maximum atomic E-state index is 6.78. The molecule has 1 saturated heterocycles. The third-order valence-electron chi connectivity index (χ3n) is 5.98. The fourth-order valence-electron chi connectivity index (χ4n) is 4.42. The van der Waals surface area contributed by atoms with E-state index in [-0.39, 0.29) is 0 Å². The first-order valence-electron chi connectivity index (χ1n) is 11.6. The summed E-state index contributed by atoms with van der Waals surface area (Å²) in [6, 6.07) is 43.9. The van der Waals surface area contributed by atoms with Crippen LogP contribution in [0.1, 0.15) is 12.8 Å². The van der Waals surface area contributed by atoms with E-state index >= 15 is 0 Å². The summed E-state index contributed by atoms with van der Waals surface area (Å²) in [5.41, 5.74) is 0. The molecular weight excluding hydrogens is 440 g/mol. The summed E-state index contributed by atoms with van der Waals surface area (Å²) in [5, 5.41) is 5.38. The predicted molar refractivity (Wildman–Crippen MR) is 144 cm³/mol. The van der Waals surface area contributed by atoms with Crippen molar-refractivity contribution in [2.24, 2.45) is 0 Å². The summed E-state index contributed by atoms with van der Waals surface area (Å²) < 4.78 is 9.51. The Hall–Kier alpha value is -2.34. The van der Waals surface area contributed by atoms with Gasteiger partial charge in [0, 0.05) is 31.3 Å². The van der Waals surface area contributed by atoms with E-state index in [0.717, 1.165) is 13.2 Å². The number of benzene rings is 4. The van der Waals surface area contributed by atoms with Crippen molar-refractivity contribution in [1.29, 1.82) is 0 Å². The van der Waals surface area contributed by atoms with Crippen LogP contribution in [0.4, 0.5) is 0 Å². The van der Waals surface area contributed by atoms with E-state index in [1.807, 2.05) is 0 Å². The van der Waals surface area contributed by atoms with Gasteiger partial charge in [-0.15, -0.1) is 0 Å². The van der Waals surface area contributed by atoms with Gasteiger partial charge in [-0.3, -0.25) is 4.67 Å². The molecule has 4 aromatic rings. The van der Waals surface area contributed by atoms with E-state index in [1.165, 1.54) is 34.1 Å². The molecule has 5 rings (SSSR count). The molecular formula is C29H29NOP2. The van der Waals surface area contributed by atoms with Gasteiger partial charge in [-0.25, -0.2) is 0 Å². The van der Waals surface area contributed by atoms with E-state index in [1.54, 1.807) is 0 Å². The van der Waals surface area contributed by atoms with E-state index in [2.05, 4.69) is 126 Å². The molecule has 0 N–H and O–H groups in total. The topological polar surface area (TPSA) is 12.5 Å². The summed E-state index contributed by atoms with van der Waals surface area (Å²) >= 11 is 0. The Morgan fingerprint density at radius 1 is 0.606 bits per heavy atom. The first kappa shape index (κ1) is 22.5. The molecule has 1 fully saturated rings. The number of hydrogen-bond donors (Lipinski definition) is 0. The van der Waals surface area contributed by atoms with Crippen LogP contribution in [0, 0.1) is 0 Å². The second kappa shape index (κ2) is 11.2. The second-order valence-corrected chi connectivity index (χ2v) is 12.3. The molecule has 0 unspecified atom stereocenters. The average Bonchev–Trinajstić information content (AvgIpc) is 3.35. The highest BCUT2D eigenvalue weighted by Crippen LogP contribution is 2.45. The van der Waals surface area contributed by atoms with E-state index in [0.29, 0.717) is 6.04 Å². The second-order valence-electron chi connectivity index (χ2n) is 8.20. The third-order valence-corrected chi connectivity index (χ3v) is 10.5. The molecule has 0 radical (unpaired) electrons. The minimum absolute atomic E-state index is 0.425. The van der Waals surface area contributed by atoms with Crippen LogP contribution in [0.25, 0.3) is 0 Å². The minimum Gasteiger partial charge on any atom is -0.348 e. The van der Waals surface area contributed by atoms with Crippen molar-refractivity contribution in [1.82, 2.24) is 4.67 Å². The maximum absolute atomic E-state index is 6.78. The zero-order chi connectivity index (χ0) is 22.3. The molecule has 0 aromatic heterocycles. The average molecular weight is 470 g/mol. The number of hydrogen-bond acceptors (Lipinski definition) is 2. The van der Waals surface area contributed by atoms with Crippen LogP contribution >= 0.6 is 16.2 Å². The Balaban J connectivity index is 1.40. The molecule has 0 saturated carbocycles. The highest BCUT2D eigenvalue weighted by molar-refractivity contribution is 7.70. The lowest BCUT2D eigenvalue weighted by atomic mass is 10.2. The molecule has 0 bridgehead atoms. The molecule has 166 valence electrons. The van der Waals surface area contributed by atoms with Crippen LogP contribution in [0.3, 0.4) is 0 Å². The lowest BCUT2D eigenvalue weighted by molar-refractivity contribution is 0.263. The molecule has 0 aliphatic carbocycles. The van der Waals surface area contributed by atoms with Crippen molar-refractivity contribution in [3.63, 3.8) is 0 Å². The molecule has 33 heavy (non-hydrogen) atoms. The summed E-state index contributed by atoms with van der Waals surface area (Å²) in [5.74, 6) is 0. The molecule has 1 aliphatic rings. The van der Waals surface area contributed by atoms with Crippen LogP contribution in [-0.2, 0) is 4.52 Å². The molecule has 4 heteroatoms. The van der Waals surface area contributed by atoms with E-state index in [9.17, 15) is 0 Å². The molecule has 2 nitrogen and oxygen atoms in total. The van der Waals surface area contributed by atoms with Crippen molar-refractivity contribution in [3.05, 3.63) is 121 Å². The van der Waals surface area contributed by atoms with Crippen LogP contribution in [-0.4, -0.2) is 23.9 Å². The predicted octanol–water partition coefficient (Wildman–Crippen LogP) is 5.56. The van der Waals surface area contributed by atoms with Crippen molar-refractivity contribution in [3.8, 4) is 0 Å². The van der Waals surface area contributed by atoms with Crippen LogP contribution in [0.15, 0.2) is 121 Å². The van der Waals surface area contributed by atoms with Gasteiger partial charge in [-0.05, 0) is 23.5 Å². The molecule has 0 spiro atoms. The Bertz CT molecular complexity index is 1030. The normalized spacial score (nSPS) is 16.5. The zero-order valence-electron chi connectivity index (χ0n) is 18.7. The van der Waals surface area contributed by atoms with Crippen molar-refractivity contribution >= 4 is 37.4 Å². The number of rotatable bonds is 8. The quantitative estimate of drug-likeness (QED) is 0.313. The van der Waals surface area contributed by atoms with E-state index in [4.69, 9.17) is 4.52 Å². The zero-order valence-corrected chi connectivity index (χ0v) is 20.5. The SMILES string of the molecule is c1ccc(P(OC[C@@H]2CCCN2P(c2ccccc2)c2ccccc2)c2ccccc2)cc1. The van der Waals surface area contributed by atoms with Crippen molar-refractivity contribution < 1.29 is 4.52 Å². The Morgan fingerprint density at radius 2 is 1.03 bits per heavy atom. The smallest absolute Gasteiger partial charge is 0.0918 e. The summed E-state index contributed by atoms with van der Waals surface area (Å²) in [6.45, 7) is 1.88.